The highest BCUT2D eigenvalue weighted by Crippen LogP contribution is 2.27. The Morgan fingerprint density at radius 1 is 1.11 bits per heavy atom. The molecule has 2 nitrogen and oxygen atoms in total. The molecule has 98 valence electrons. The lowest BCUT2D eigenvalue weighted by Gasteiger charge is -2.34. The zero-order valence-corrected chi connectivity index (χ0v) is 10.3. The summed E-state index contributed by atoms with van der Waals surface area (Å²) in [6.45, 7) is 4.93. The lowest BCUT2D eigenvalue weighted by molar-refractivity contribution is 0.142. The molecule has 0 amide bonds. The average molecular weight is 252 g/mol. The summed E-state index contributed by atoms with van der Waals surface area (Å²) in [4.78, 5) is 2.31. The predicted molar refractivity (Wildman–Crippen MR) is 66.1 cm³/mol. The van der Waals surface area contributed by atoms with Gasteiger partial charge in [0.1, 0.15) is 11.6 Å². The lowest BCUT2D eigenvalue weighted by Crippen LogP contribution is -2.39. The Kier molecular flexibility index (Phi) is 3.31. The number of hydrogen-bond acceptors (Lipinski definition) is 2. The van der Waals surface area contributed by atoms with Gasteiger partial charge in [-0.3, -0.25) is 4.90 Å². The third kappa shape index (κ3) is 2.54. The Balaban J connectivity index is 1.65. The van der Waals surface area contributed by atoms with Gasteiger partial charge < -0.3 is 5.32 Å². The molecule has 2 aliphatic rings. The first-order valence-electron chi connectivity index (χ1n) is 6.59. The van der Waals surface area contributed by atoms with E-state index in [1.165, 1.54) is 18.6 Å². The SMILES string of the molecule is Fc1cc(F)cc(CN2CCC3CNCC3C2)c1. The quantitative estimate of drug-likeness (QED) is 0.866. The number of nitrogens with one attached hydrogen (secondary N) is 1. The minimum Gasteiger partial charge on any atom is -0.316 e. The zero-order chi connectivity index (χ0) is 12.5. The summed E-state index contributed by atoms with van der Waals surface area (Å²) in [5.41, 5.74) is 0.733. The van der Waals surface area contributed by atoms with Gasteiger partial charge >= 0.3 is 0 Å². The zero-order valence-electron chi connectivity index (χ0n) is 10.3. The van der Waals surface area contributed by atoms with Crippen LogP contribution in [0.4, 0.5) is 8.78 Å². The minimum absolute atomic E-state index is 0.484. The van der Waals surface area contributed by atoms with Crippen LogP contribution in [0.2, 0.25) is 0 Å². The Morgan fingerprint density at radius 3 is 2.61 bits per heavy atom. The second-order valence-electron chi connectivity index (χ2n) is 5.48. The highest BCUT2D eigenvalue weighted by atomic mass is 19.1. The smallest absolute Gasteiger partial charge is 0.126 e. The van der Waals surface area contributed by atoms with Gasteiger partial charge in [0.05, 0.1) is 0 Å². The van der Waals surface area contributed by atoms with Crippen LogP contribution in [0.1, 0.15) is 12.0 Å². The lowest BCUT2D eigenvalue weighted by atomic mass is 9.88. The molecule has 0 aromatic heterocycles. The van der Waals surface area contributed by atoms with Crippen molar-refractivity contribution in [3.63, 3.8) is 0 Å². The summed E-state index contributed by atoms with van der Waals surface area (Å²) in [7, 11) is 0. The molecule has 0 saturated carbocycles. The van der Waals surface area contributed by atoms with Crippen molar-refractivity contribution in [2.24, 2.45) is 11.8 Å². The second kappa shape index (κ2) is 4.94. The molecule has 2 unspecified atom stereocenters. The van der Waals surface area contributed by atoms with Crippen LogP contribution in [-0.2, 0) is 6.54 Å². The highest BCUT2D eigenvalue weighted by molar-refractivity contribution is 5.18. The highest BCUT2D eigenvalue weighted by Gasteiger charge is 2.32. The van der Waals surface area contributed by atoms with E-state index >= 15 is 0 Å². The van der Waals surface area contributed by atoms with Crippen molar-refractivity contribution in [1.29, 1.82) is 0 Å². The maximum atomic E-state index is 13.1. The molecule has 1 aromatic rings. The molecule has 0 bridgehead atoms. The Hall–Kier alpha value is -1.00. The van der Waals surface area contributed by atoms with Crippen molar-refractivity contribution in [2.45, 2.75) is 13.0 Å². The average Bonchev–Trinajstić information content (AvgIpc) is 2.74. The fourth-order valence-electron chi connectivity index (χ4n) is 3.21. The first kappa shape index (κ1) is 12.1. The van der Waals surface area contributed by atoms with Crippen molar-refractivity contribution in [2.75, 3.05) is 26.2 Å². The standard InChI is InChI=1S/C14H18F2N2/c15-13-3-10(4-14(16)5-13)8-18-2-1-11-6-17-7-12(11)9-18/h3-5,11-12,17H,1-2,6-9H2. The molecule has 2 aliphatic heterocycles. The van der Waals surface area contributed by atoms with E-state index in [0.717, 1.165) is 43.7 Å². The summed E-state index contributed by atoms with van der Waals surface area (Å²) in [6.07, 6.45) is 1.19. The normalized spacial score (nSPS) is 28.3. The molecule has 0 spiro atoms. The van der Waals surface area contributed by atoms with Crippen molar-refractivity contribution >= 4 is 0 Å². The van der Waals surface area contributed by atoms with Crippen LogP contribution in [0.15, 0.2) is 18.2 Å². The van der Waals surface area contributed by atoms with Gasteiger partial charge in [0.2, 0.25) is 0 Å². The molecule has 0 radical (unpaired) electrons. The molecule has 18 heavy (non-hydrogen) atoms. The van der Waals surface area contributed by atoms with E-state index in [9.17, 15) is 8.78 Å². The van der Waals surface area contributed by atoms with Crippen molar-refractivity contribution in [3.05, 3.63) is 35.4 Å². The van der Waals surface area contributed by atoms with Crippen LogP contribution in [0.3, 0.4) is 0 Å². The molecule has 2 fully saturated rings. The fourth-order valence-corrected chi connectivity index (χ4v) is 3.21. The van der Waals surface area contributed by atoms with Crippen LogP contribution in [0, 0.1) is 23.5 Å². The van der Waals surface area contributed by atoms with Gasteiger partial charge in [-0.1, -0.05) is 0 Å². The summed E-state index contributed by atoms with van der Waals surface area (Å²) in [5, 5.41) is 3.42. The van der Waals surface area contributed by atoms with Crippen molar-refractivity contribution < 1.29 is 8.78 Å². The number of rotatable bonds is 2. The van der Waals surface area contributed by atoms with E-state index in [1.807, 2.05) is 0 Å². The summed E-state index contributed by atoms with van der Waals surface area (Å²) in [6, 6.07) is 3.79. The summed E-state index contributed by atoms with van der Waals surface area (Å²) < 4.78 is 26.3. The van der Waals surface area contributed by atoms with Gasteiger partial charge in [-0.2, -0.15) is 0 Å². The molecule has 1 N–H and O–H groups in total. The summed E-state index contributed by atoms with van der Waals surface area (Å²) >= 11 is 0. The number of benzene rings is 1. The fraction of sp³-hybridized carbons (Fsp3) is 0.571. The van der Waals surface area contributed by atoms with Gasteiger partial charge in [0.15, 0.2) is 0 Å². The third-order valence-corrected chi connectivity index (χ3v) is 4.12. The van der Waals surface area contributed by atoms with Crippen LogP contribution in [-0.4, -0.2) is 31.1 Å². The molecule has 3 rings (SSSR count). The molecule has 2 atom stereocenters. The van der Waals surface area contributed by atoms with Crippen LogP contribution in [0.25, 0.3) is 0 Å². The van der Waals surface area contributed by atoms with Gasteiger partial charge in [0, 0.05) is 19.2 Å². The number of nitrogens with zero attached hydrogens (tertiary/aromatic N) is 1. The number of likely N-dealkylation sites (tertiary alicyclic amines) is 1. The maximum absolute atomic E-state index is 13.1. The number of fused-ring (bicyclic) bond motifs is 1. The van der Waals surface area contributed by atoms with Gasteiger partial charge in [-0.05, 0) is 55.6 Å². The van der Waals surface area contributed by atoms with Gasteiger partial charge in [0.25, 0.3) is 0 Å². The monoisotopic (exact) mass is 252 g/mol. The molecular formula is C14H18F2N2. The molecular weight excluding hydrogens is 234 g/mol. The first-order chi connectivity index (χ1) is 8.70. The number of hydrogen-bond donors (Lipinski definition) is 1. The Morgan fingerprint density at radius 2 is 1.83 bits per heavy atom. The molecule has 0 aliphatic carbocycles. The van der Waals surface area contributed by atoms with E-state index in [2.05, 4.69) is 10.2 Å². The molecule has 2 saturated heterocycles. The van der Waals surface area contributed by atoms with Gasteiger partial charge in [-0.15, -0.1) is 0 Å². The van der Waals surface area contributed by atoms with Crippen LogP contribution >= 0.6 is 0 Å². The van der Waals surface area contributed by atoms with Crippen LogP contribution < -0.4 is 5.32 Å². The van der Waals surface area contributed by atoms with E-state index in [1.54, 1.807) is 0 Å². The second-order valence-corrected chi connectivity index (χ2v) is 5.48. The Labute approximate surface area is 106 Å². The predicted octanol–water partition coefficient (Wildman–Crippen LogP) is 2.01. The van der Waals surface area contributed by atoms with E-state index in [0.29, 0.717) is 12.5 Å². The van der Waals surface area contributed by atoms with Crippen LogP contribution in [0.5, 0.6) is 0 Å². The topological polar surface area (TPSA) is 15.3 Å². The van der Waals surface area contributed by atoms with Crippen molar-refractivity contribution in [3.8, 4) is 0 Å². The van der Waals surface area contributed by atoms with E-state index in [4.69, 9.17) is 0 Å². The maximum Gasteiger partial charge on any atom is 0.126 e. The Bertz CT molecular complexity index is 416. The van der Waals surface area contributed by atoms with E-state index < -0.39 is 11.6 Å². The molecule has 2 heterocycles. The molecule has 1 aromatic carbocycles. The number of halogens is 2. The first-order valence-corrected chi connectivity index (χ1v) is 6.59. The largest absolute Gasteiger partial charge is 0.316 e. The number of piperidine rings is 1. The third-order valence-electron chi connectivity index (χ3n) is 4.12. The molecule has 4 heteroatoms. The van der Waals surface area contributed by atoms with Gasteiger partial charge in [-0.25, -0.2) is 8.78 Å². The van der Waals surface area contributed by atoms with E-state index in [-0.39, 0.29) is 0 Å². The summed E-state index contributed by atoms with van der Waals surface area (Å²) in [5.74, 6) is 0.535. The minimum atomic E-state index is -0.484. The van der Waals surface area contributed by atoms with Crippen molar-refractivity contribution in [1.82, 2.24) is 10.2 Å².